The molecular weight excluding hydrogens is 108 g/mol. The van der Waals surface area contributed by atoms with E-state index in [0.717, 1.165) is 5.41 Å². The summed E-state index contributed by atoms with van der Waals surface area (Å²) in [5.41, 5.74) is 0.926. The Morgan fingerprint density at radius 1 is 0.889 bits per heavy atom. The van der Waals surface area contributed by atoms with Crippen LogP contribution >= 0.6 is 0 Å². The smallest absolute Gasteiger partial charge is 0.0292 e. The van der Waals surface area contributed by atoms with Gasteiger partial charge >= 0.3 is 0 Å². The third-order valence-electron chi connectivity index (χ3n) is 4.15. The monoisotopic (exact) mass is 122 g/mol. The molecule has 2 atom stereocenters. The molecule has 0 aromatic carbocycles. The van der Waals surface area contributed by atoms with Crippen molar-refractivity contribution >= 4 is 0 Å². The van der Waals surface area contributed by atoms with E-state index in [1.54, 1.807) is 38.5 Å². The zero-order valence-corrected chi connectivity index (χ0v) is 5.90. The highest BCUT2D eigenvalue weighted by atomic mass is 14.6. The van der Waals surface area contributed by atoms with Crippen LogP contribution in [0.15, 0.2) is 0 Å². The summed E-state index contributed by atoms with van der Waals surface area (Å²) in [5.74, 6) is 2.39. The quantitative estimate of drug-likeness (QED) is 0.463. The lowest BCUT2D eigenvalue weighted by Crippen LogP contribution is -2.07. The van der Waals surface area contributed by atoms with Gasteiger partial charge in [-0.1, -0.05) is 0 Å². The molecule has 3 fully saturated rings. The van der Waals surface area contributed by atoms with Crippen LogP contribution in [-0.2, 0) is 0 Å². The van der Waals surface area contributed by atoms with Crippen molar-refractivity contribution in [1.29, 1.82) is 0 Å². The molecule has 0 heterocycles. The SMILES string of the molecule is C1CC23CCC(C2)C1C3. The van der Waals surface area contributed by atoms with Crippen molar-refractivity contribution in [3.63, 3.8) is 0 Å². The first-order chi connectivity index (χ1) is 4.38. The fraction of sp³-hybridized carbons (Fsp3) is 1.00. The Hall–Kier alpha value is 0. The minimum Gasteiger partial charge on any atom is -0.0496 e. The first kappa shape index (κ1) is 4.76. The lowest BCUT2D eigenvalue weighted by Gasteiger charge is -2.19. The van der Waals surface area contributed by atoms with Crippen molar-refractivity contribution in [1.82, 2.24) is 0 Å². The highest BCUT2D eigenvalue weighted by Crippen LogP contribution is 2.65. The van der Waals surface area contributed by atoms with E-state index in [1.807, 2.05) is 0 Å². The molecule has 9 heavy (non-hydrogen) atoms. The molecule has 2 unspecified atom stereocenters. The zero-order chi connectivity index (χ0) is 5.90. The Kier molecular flexibility index (Phi) is 0.640. The number of hydrogen-bond donors (Lipinski definition) is 0. The van der Waals surface area contributed by atoms with Gasteiger partial charge in [-0.25, -0.2) is 0 Å². The maximum absolute atomic E-state index is 1.62. The third kappa shape index (κ3) is 0.426. The zero-order valence-electron chi connectivity index (χ0n) is 5.90. The minimum absolute atomic E-state index is 0.926. The van der Waals surface area contributed by atoms with Gasteiger partial charge in [0.25, 0.3) is 0 Å². The summed E-state index contributed by atoms with van der Waals surface area (Å²) in [4.78, 5) is 0. The van der Waals surface area contributed by atoms with Gasteiger partial charge < -0.3 is 0 Å². The highest BCUT2D eigenvalue weighted by Gasteiger charge is 2.54. The van der Waals surface area contributed by atoms with Crippen LogP contribution in [-0.4, -0.2) is 0 Å². The van der Waals surface area contributed by atoms with Gasteiger partial charge in [0.1, 0.15) is 0 Å². The fourth-order valence-electron chi connectivity index (χ4n) is 3.72. The molecule has 1 spiro atoms. The highest BCUT2D eigenvalue weighted by molar-refractivity contribution is 5.05. The molecule has 3 rings (SSSR count). The summed E-state index contributed by atoms with van der Waals surface area (Å²) >= 11 is 0. The lowest BCUT2D eigenvalue weighted by atomic mass is 9.86. The van der Waals surface area contributed by atoms with Gasteiger partial charge in [0.05, 0.1) is 0 Å². The van der Waals surface area contributed by atoms with Crippen LogP contribution in [0.25, 0.3) is 0 Å². The predicted octanol–water partition coefficient (Wildman–Crippen LogP) is 2.59. The van der Waals surface area contributed by atoms with Gasteiger partial charge in [-0.3, -0.25) is 0 Å². The van der Waals surface area contributed by atoms with Crippen LogP contribution < -0.4 is 0 Å². The molecular formula is C9H14. The molecule has 3 saturated carbocycles. The van der Waals surface area contributed by atoms with Crippen LogP contribution in [0.1, 0.15) is 38.5 Å². The van der Waals surface area contributed by atoms with Gasteiger partial charge in [0.15, 0.2) is 0 Å². The normalized spacial score (nSPS) is 61.3. The Morgan fingerprint density at radius 3 is 1.78 bits per heavy atom. The van der Waals surface area contributed by atoms with Crippen molar-refractivity contribution in [2.45, 2.75) is 38.5 Å². The Bertz CT molecular complexity index is 130. The van der Waals surface area contributed by atoms with Crippen molar-refractivity contribution < 1.29 is 0 Å². The largest absolute Gasteiger partial charge is 0.0496 e. The standard InChI is InChI=1S/C9H14/c1-3-9-4-2-8(6-9)7(1)5-9/h7-8H,1-6H2. The van der Waals surface area contributed by atoms with Crippen LogP contribution in [0.5, 0.6) is 0 Å². The summed E-state index contributed by atoms with van der Waals surface area (Å²) in [6.45, 7) is 0. The molecule has 50 valence electrons. The summed E-state index contributed by atoms with van der Waals surface area (Å²) in [6, 6.07) is 0. The average molecular weight is 122 g/mol. The van der Waals surface area contributed by atoms with Crippen LogP contribution in [0.3, 0.4) is 0 Å². The van der Waals surface area contributed by atoms with Crippen molar-refractivity contribution in [3.8, 4) is 0 Å². The van der Waals surface area contributed by atoms with Crippen molar-refractivity contribution in [2.75, 3.05) is 0 Å². The van der Waals surface area contributed by atoms with Crippen LogP contribution in [0.2, 0.25) is 0 Å². The Morgan fingerprint density at radius 2 is 1.44 bits per heavy atom. The summed E-state index contributed by atoms with van der Waals surface area (Å²) in [6.07, 6.45) is 9.60. The summed E-state index contributed by atoms with van der Waals surface area (Å²) in [5, 5.41) is 0. The molecule has 0 aromatic heterocycles. The fourth-order valence-corrected chi connectivity index (χ4v) is 3.72. The topological polar surface area (TPSA) is 0 Å². The molecule has 0 aromatic rings. The van der Waals surface area contributed by atoms with E-state index in [0.29, 0.717) is 0 Å². The number of hydrogen-bond acceptors (Lipinski definition) is 0. The van der Waals surface area contributed by atoms with Crippen LogP contribution in [0, 0.1) is 17.3 Å². The lowest BCUT2D eigenvalue weighted by molar-refractivity contribution is 0.322. The van der Waals surface area contributed by atoms with E-state index in [-0.39, 0.29) is 0 Å². The molecule has 0 N–H and O–H groups in total. The second-order valence-corrected chi connectivity index (χ2v) is 4.51. The molecule has 0 radical (unpaired) electrons. The maximum Gasteiger partial charge on any atom is -0.0292 e. The molecule has 0 heteroatoms. The molecule has 0 amide bonds. The van der Waals surface area contributed by atoms with Gasteiger partial charge in [-0.2, -0.15) is 0 Å². The maximum atomic E-state index is 1.62. The summed E-state index contributed by atoms with van der Waals surface area (Å²) in [7, 11) is 0. The predicted molar refractivity (Wildman–Crippen MR) is 37.1 cm³/mol. The summed E-state index contributed by atoms with van der Waals surface area (Å²) < 4.78 is 0. The van der Waals surface area contributed by atoms with E-state index in [2.05, 4.69) is 0 Å². The van der Waals surface area contributed by atoms with E-state index in [4.69, 9.17) is 0 Å². The van der Waals surface area contributed by atoms with Gasteiger partial charge in [-0.05, 0) is 55.8 Å². The van der Waals surface area contributed by atoms with E-state index in [9.17, 15) is 0 Å². The first-order valence-electron chi connectivity index (χ1n) is 4.38. The third-order valence-corrected chi connectivity index (χ3v) is 4.15. The van der Waals surface area contributed by atoms with Gasteiger partial charge in [0, 0.05) is 0 Å². The number of rotatable bonds is 0. The first-order valence-corrected chi connectivity index (χ1v) is 4.38. The molecule has 0 saturated heterocycles. The molecule has 3 bridgehead atoms. The Labute approximate surface area is 56.6 Å². The molecule has 0 nitrogen and oxygen atoms in total. The molecule has 3 aliphatic carbocycles. The van der Waals surface area contributed by atoms with Crippen LogP contribution in [0.4, 0.5) is 0 Å². The van der Waals surface area contributed by atoms with E-state index >= 15 is 0 Å². The minimum atomic E-state index is 0.926. The van der Waals surface area contributed by atoms with E-state index in [1.165, 1.54) is 11.8 Å². The van der Waals surface area contributed by atoms with Gasteiger partial charge in [0.2, 0.25) is 0 Å². The second kappa shape index (κ2) is 1.21. The van der Waals surface area contributed by atoms with E-state index < -0.39 is 0 Å². The van der Waals surface area contributed by atoms with Crippen molar-refractivity contribution in [2.24, 2.45) is 17.3 Å². The molecule has 0 aliphatic heterocycles. The van der Waals surface area contributed by atoms with Gasteiger partial charge in [-0.15, -0.1) is 0 Å². The number of fused-ring (bicyclic) bond motifs is 3. The molecule has 3 aliphatic rings. The van der Waals surface area contributed by atoms with Crippen molar-refractivity contribution in [3.05, 3.63) is 0 Å². The second-order valence-electron chi connectivity index (χ2n) is 4.51. The average Bonchev–Trinajstić information content (AvgIpc) is 2.48. The Balaban J connectivity index is 2.07.